The third-order valence-electron chi connectivity index (χ3n) is 3.13. The Hall–Kier alpha value is -1.55. The predicted octanol–water partition coefficient (Wildman–Crippen LogP) is 4.80. The SMILES string of the molecule is CCCCN(C(=O)c1oc(Br)cc1C)c1ccccc1. The van der Waals surface area contributed by atoms with Gasteiger partial charge in [-0.25, -0.2) is 0 Å². The molecule has 1 heterocycles. The van der Waals surface area contributed by atoms with Crippen LogP contribution in [0.3, 0.4) is 0 Å². The molecule has 0 fully saturated rings. The maximum Gasteiger partial charge on any atom is 0.294 e. The highest BCUT2D eigenvalue weighted by Gasteiger charge is 2.22. The van der Waals surface area contributed by atoms with E-state index in [9.17, 15) is 4.79 Å². The van der Waals surface area contributed by atoms with Gasteiger partial charge in [-0.2, -0.15) is 0 Å². The van der Waals surface area contributed by atoms with Gasteiger partial charge in [0.1, 0.15) is 0 Å². The number of anilines is 1. The molecule has 0 aliphatic heterocycles. The van der Waals surface area contributed by atoms with Crippen molar-refractivity contribution < 1.29 is 9.21 Å². The number of para-hydroxylation sites is 1. The number of hydrogen-bond donors (Lipinski definition) is 0. The van der Waals surface area contributed by atoms with Gasteiger partial charge in [-0.1, -0.05) is 31.5 Å². The van der Waals surface area contributed by atoms with Crippen LogP contribution in [-0.2, 0) is 0 Å². The molecular formula is C16H18BrNO2. The fourth-order valence-electron chi connectivity index (χ4n) is 2.05. The molecule has 0 radical (unpaired) electrons. The Morgan fingerprint density at radius 3 is 2.55 bits per heavy atom. The van der Waals surface area contributed by atoms with Crippen molar-refractivity contribution in [2.45, 2.75) is 26.7 Å². The molecule has 4 heteroatoms. The molecule has 2 rings (SSSR count). The largest absolute Gasteiger partial charge is 0.444 e. The number of aryl methyl sites for hydroxylation is 1. The second-order valence-electron chi connectivity index (χ2n) is 4.71. The Labute approximate surface area is 127 Å². The zero-order chi connectivity index (χ0) is 14.5. The molecule has 1 amide bonds. The van der Waals surface area contributed by atoms with Gasteiger partial charge in [-0.05, 0) is 47.5 Å². The molecule has 0 saturated carbocycles. The van der Waals surface area contributed by atoms with E-state index in [-0.39, 0.29) is 5.91 Å². The molecule has 20 heavy (non-hydrogen) atoms. The van der Waals surface area contributed by atoms with Gasteiger partial charge in [0.05, 0.1) is 0 Å². The van der Waals surface area contributed by atoms with Gasteiger partial charge in [0.15, 0.2) is 10.4 Å². The first-order valence-corrected chi connectivity index (χ1v) is 7.55. The van der Waals surface area contributed by atoms with E-state index in [0.717, 1.165) is 24.1 Å². The topological polar surface area (TPSA) is 33.5 Å². The van der Waals surface area contributed by atoms with E-state index in [1.54, 1.807) is 4.90 Å². The van der Waals surface area contributed by atoms with Crippen LogP contribution in [0, 0.1) is 6.92 Å². The van der Waals surface area contributed by atoms with Crippen LogP contribution in [0.5, 0.6) is 0 Å². The first-order valence-electron chi connectivity index (χ1n) is 6.76. The lowest BCUT2D eigenvalue weighted by molar-refractivity contribution is 0.0958. The highest BCUT2D eigenvalue weighted by molar-refractivity contribution is 9.10. The Kier molecular flexibility index (Phi) is 5.01. The first-order chi connectivity index (χ1) is 9.63. The fourth-order valence-corrected chi connectivity index (χ4v) is 2.56. The van der Waals surface area contributed by atoms with Crippen LogP contribution in [0.25, 0.3) is 0 Å². The number of hydrogen-bond acceptors (Lipinski definition) is 2. The second kappa shape index (κ2) is 6.75. The zero-order valence-electron chi connectivity index (χ0n) is 11.7. The summed E-state index contributed by atoms with van der Waals surface area (Å²) in [4.78, 5) is 14.5. The third kappa shape index (κ3) is 3.31. The molecule has 106 valence electrons. The summed E-state index contributed by atoms with van der Waals surface area (Å²) >= 11 is 3.27. The molecule has 2 aromatic rings. The first kappa shape index (κ1) is 14.9. The van der Waals surface area contributed by atoms with Gasteiger partial charge in [-0.3, -0.25) is 4.79 Å². The van der Waals surface area contributed by atoms with Crippen LogP contribution in [0.1, 0.15) is 35.9 Å². The summed E-state index contributed by atoms with van der Waals surface area (Å²) in [5, 5.41) is 0. The maximum atomic E-state index is 12.7. The summed E-state index contributed by atoms with van der Waals surface area (Å²) < 4.78 is 6.07. The van der Waals surface area contributed by atoms with Crippen LogP contribution < -0.4 is 4.90 Å². The molecule has 0 aliphatic rings. The van der Waals surface area contributed by atoms with Gasteiger partial charge in [-0.15, -0.1) is 0 Å². The summed E-state index contributed by atoms with van der Waals surface area (Å²) in [5.74, 6) is 0.310. The van der Waals surface area contributed by atoms with Crippen molar-refractivity contribution in [1.29, 1.82) is 0 Å². The number of nitrogens with zero attached hydrogens (tertiary/aromatic N) is 1. The van der Waals surface area contributed by atoms with E-state index in [1.807, 2.05) is 43.3 Å². The number of carbonyl (C=O) groups excluding carboxylic acids is 1. The Bertz CT molecular complexity index is 577. The molecule has 0 saturated heterocycles. The van der Waals surface area contributed by atoms with Crippen molar-refractivity contribution in [3.63, 3.8) is 0 Å². The fraction of sp³-hybridized carbons (Fsp3) is 0.312. The van der Waals surface area contributed by atoms with E-state index in [0.29, 0.717) is 17.0 Å². The van der Waals surface area contributed by atoms with Gasteiger partial charge in [0.25, 0.3) is 5.91 Å². The van der Waals surface area contributed by atoms with Gasteiger partial charge >= 0.3 is 0 Å². The van der Waals surface area contributed by atoms with Crippen molar-refractivity contribution in [1.82, 2.24) is 0 Å². The minimum Gasteiger partial charge on any atom is -0.444 e. The van der Waals surface area contributed by atoms with Crippen molar-refractivity contribution in [2.24, 2.45) is 0 Å². The van der Waals surface area contributed by atoms with Crippen LogP contribution in [0.2, 0.25) is 0 Å². The van der Waals surface area contributed by atoms with Crippen LogP contribution in [-0.4, -0.2) is 12.5 Å². The van der Waals surface area contributed by atoms with Gasteiger partial charge in [0.2, 0.25) is 0 Å². The Morgan fingerprint density at radius 1 is 1.30 bits per heavy atom. The molecule has 1 aromatic carbocycles. The van der Waals surface area contributed by atoms with Crippen molar-refractivity contribution in [2.75, 3.05) is 11.4 Å². The summed E-state index contributed by atoms with van der Waals surface area (Å²) in [7, 11) is 0. The van der Waals surface area contributed by atoms with E-state index in [4.69, 9.17) is 4.42 Å². The van der Waals surface area contributed by atoms with Crippen molar-refractivity contribution >= 4 is 27.5 Å². The Balaban J connectivity index is 2.31. The molecule has 0 spiro atoms. The lowest BCUT2D eigenvalue weighted by atomic mass is 10.2. The molecule has 0 bridgehead atoms. The predicted molar refractivity (Wildman–Crippen MR) is 84.2 cm³/mol. The summed E-state index contributed by atoms with van der Waals surface area (Å²) in [6.07, 6.45) is 2.00. The van der Waals surface area contributed by atoms with Gasteiger partial charge < -0.3 is 9.32 Å². The average Bonchev–Trinajstić information content (AvgIpc) is 2.79. The van der Waals surface area contributed by atoms with Crippen molar-refractivity contribution in [3.8, 4) is 0 Å². The normalized spacial score (nSPS) is 10.6. The molecule has 3 nitrogen and oxygen atoms in total. The standard InChI is InChI=1S/C16H18BrNO2/c1-3-4-10-18(13-8-6-5-7-9-13)16(19)15-12(2)11-14(17)20-15/h5-9,11H,3-4,10H2,1-2H3. The van der Waals surface area contributed by atoms with E-state index in [2.05, 4.69) is 22.9 Å². The number of unbranched alkanes of at least 4 members (excludes halogenated alkanes) is 1. The highest BCUT2D eigenvalue weighted by Crippen LogP contribution is 2.24. The summed E-state index contributed by atoms with van der Waals surface area (Å²) in [5.41, 5.74) is 1.75. The van der Waals surface area contributed by atoms with E-state index in [1.165, 1.54) is 0 Å². The lowest BCUT2D eigenvalue weighted by Crippen LogP contribution is -2.32. The molecule has 0 N–H and O–H groups in total. The molecule has 0 aliphatic carbocycles. The number of benzene rings is 1. The molecular weight excluding hydrogens is 318 g/mol. The minimum atomic E-state index is -0.0900. The van der Waals surface area contributed by atoms with Crippen molar-refractivity contribution in [3.05, 3.63) is 52.4 Å². The lowest BCUT2D eigenvalue weighted by Gasteiger charge is -2.22. The average molecular weight is 336 g/mol. The number of amides is 1. The quantitative estimate of drug-likeness (QED) is 0.786. The van der Waals surface area contributed by atoms with Crippen LogP contribution >= 0.6 is 15.9 Å². The van der Waals surface area contributed by atoms with Gasteiger partial charge in [0, 0.05) is 17.8 Å². The van der Waals surface area contributed by atoms with Crippen LogP contribution in [0.15, 0.2) is 45.5 Å². The third-order valence-corrected chi connectivity index (χ3v) is 3.52. The second-order valence-corrected chi connectivity index (χ2v) is 5.49. The minimum absolute atomic E-state index is 0.0900. The van der Waals surface area contributed by atoms with E-state index >= 15 is 0 Å². The number of carbonyl (C=O) groups is 1. The maximum absolute atomic E-state index is 12.7. The summed E-state index contributed by atoms with van der Waals surface area (Å²) in [6.45, 7) is 4.68. The number of rotatable bonds is 5. The zero-order valence-corrected chi connectivity index (χ0v) is 13.3. The highest BCUT2D eigenvalue weighted by atomic mass is 79.9. The smallest absolute Gasteiger partial charge is 0.294 e. The molecule has 0 atom stereocenters. The summed E-state index contributed by atoms with van der Waals surface area (Å²) in [6, 6.07) is 11.5. The number of furan rings is 1. The monoisotopic (exact) mass is 335 g/mol. The molecule has 1 aromatic heterocycles. The Morgan fingerprint density at radius 2 is 2.00 bits per heavy atom. The number of halogens is 1. The molecule has 0 unspecified atom stereocenters. The van der Waals surface area contributed by atoms with E-state index < -0.39 is 0 Å². The van der Waals surface area contributed by atoms with Crippen LogP contribution in [0.4, 0.5) is 5.69 Å².